The first-order chi connectivity index (χ1) is 17.0. The van der Waals surface area contributed by atoms with Crippen LogP contribution in [0.25, 0.3) is 11.0 Å². The number of fused-ring (bicyclic) bond motifs is 1. The highest BCUT2D eigenvalue weighted by molar-refractivity contribution is 6.31. The summed E-state index contributed by atoms with van der Waals surface area (Å²) in [5.74, 6) is 0.653. The van der Waals surface area contributed by atoms with Crippen LogP contribution in [-0.2, 0) is 9.53 Å². The summed E-state index contributed by atoms with van der Waals surface area (Å²) < 4.78 is 18.9. The van der Waals surface area contributed by atoms with Gasteiger partial charge in [0.1, 0.15) is 23.2 Å². The molecule has 3 N–H and O–H groups in total. The standard InChI is InChI=1S/C24H27ClFN7O2/c25-18-11-17(5-6-19(18)26)30-22-21-20(28-13-29-22)12-27-24(33-21)32-15-3-1-14(2-4-15)23(34)31-16-7-9-35-10-8-16/h5-6,11-16H,1-4,7-10H2,(H,31,34)(H,27,32,33)(H,28,29,30). The highest BCUT2D eigenvalue weighted by Crippen LogP contribution is 2.28. The van der Waals surface area contributed by atoms with Crippen molar-refractivity contribution in [3.05, 3.63) is 41.6 Å². The normalized spacial score (nSPS) is 21.0. The van der Waals surface area contributed by atoms with E-state index in [-0.39, 0.29) is 28.9 Å². The van der Waals surface area contributed by atoms with Crippen molar-refractivity contribution in [3.8, 4) is 0 Å². The van der Waals surface area contributed by atoms with Crippen LogP contribution in [0, 0.1) is 11.7 Å². The highest BCUT2D eigenvalue weighted by Gasteiger charge is 2.28. The lowest BCUT2D eigenvalue weighted by Crippen LogP contribution is -2.43. The second-order valence-electron chi connectivity index (χ2n) is 8.99. The third kappa shape index (κ3) is 5.76. The minimum absolute atomic E-state index is 0.0161. The van der Waals surface area contributed by atoms with E-state index in [0.717, 1.165) is 38.5 Å². The van der Waals surface area contributed by atoms with Crippen LogP contribution in [0.15, 0.2) is 30.7 Å². The zero-order valence-electron chi connectivity index (χ0n) is 19.1. The fraction of sp³-hybridized carbons (Fsp3) is 0.458. The lowest BCUT2D eigenvalue weighted by Gasteiger charge is -2.30. The Morgan fingerprint density at radius 1 is 1.03 bits per heavy atom. The maximum atomic E-state index is 13.5. The second-order valence-corrected chi connectivity index (χ2v) is 9.40. The fourth-order valence-corrected chi connectivity index (χ4v) is 4.75. The van der Waals surface area contributed by atoms with Crippen LogP contribution in [-0.4, -0.2) is 51.1 Å². The third-order valence-electron chi connectivity index (χ3n) is 6.56. The maximum absolute atomic E-state index is 13.5. The fourth-order valence-electron chi connectivity index (χ4n) is 4.57. The third-order valence-corrected chi connectivity index (χ3v) is 6.85. The van der Waals surface area contributed by atoms with E-state index in [1.807, 2.05) is 0 Å². The quantitative estimate of drug-likeness (QED) is 0.462. The van der Waals surface area contributed by atoms with Gasteiger partial charge in [0.25, 0.3) is 0 Å². The number of amides is 1. The van der Waals surface area contributed by atoms with Crippen LogP contribution < -0.4 is 16.0 Å². The molecule has 1 saturated heterocycles. The van der Waals surface area contributed by atoms with Gasteiger partial charge in [0.2, 0.25) is 11.9 Å². The van der Waals surface area contributed by atoms with Gasteiger partial charge in [-0.05, 0) is 56.7 Å². The Labute approximate surface area is 207 Å². The minimum atomic E-state index is -0.491. The van der Waals surface area contributed by atoms with E-state index in [1.54, 1.807) is 12.3 Å². The molecule has 9 nitrogen and oxygen atoms in total. The van der Waals surface area contributed by atoms with Gasteiger partial charge < -0.3 is 20.7 Å². The molecule has 0 unspecified atom stereocenters. The first-order valence-electron chi connectivity index (χ1n) is 11.9. The summed E-state index contributed by atoms with van der Waals surface area (Å²) in [7, 11) is 0. The number of nitrogens with one attached hydrogen (secondary N) is 3. The molecule has 5 rings (SSSR count). The Balaban J connectivity index is 1.21. The van der Waals surface area contributed by atoms with E-state index in [2.05, 4.69) is 35.9 Å². The molecular formula is C24H27ClFN7O2. The van der Waals surface area contributed by atoms with E-state index in [4.69, 9.17) is 16.3 Å². The molecule has 3 aromatic rings. The van der Waals surface area contributed by atoms with Gasteiger partial charge in [-0.25, -0.2) is 24.3 Å². The van der Waals surface area contributed by atoms with Gasteiger partial charge in [-0.15, -0.1) is 0 Å². The zero-order chi connectivity index (χ0) is 24.2. The summed E-state index contributed by atoms with van der Waals surface area (Å²) in [5.41, 5.74) is 1.70. The number of aromatic nitrogens is 4. The number of halogens is 2. The smallest absolute Gasteiger partial charge is 0.223 e. The van der Waals surface area contributed by atoms with Crippen LogP contribution in [0.4, 0.5) is 21.8 Å². The molecule has 2 fully saturated rings. The van der Waals surface area contributed by atoms with Crippen LogP contribution in [0.1, 0.15) is 38.5 Å². The van der Waals surface area contributed by atoms with Gasteiger partial charge >= 0.3 is 0 Å². The van der Waals surface area contributed by atoms with Crippen molar-refractivity contribution < 1.29 is 13.9 Å². The summed E-state index contributed by atoms with van der Waals surface area (Å²) in [5, 5.41) is 9.73. The summed E-state index contributed by atoms with van der Waals surface area (Å²) >= 11 is 5.90. The molecule has 2 aliphatic rings. The van der Waals surface area contributed by atoms with Gasteiger partial charge in [0.05, 0.1) is 11.2 Å². The van der Waals surface area contributed by atoms with Crippen molar-refractivity contribution in [2.45, 2.75) is 50.6 Å². The van der Waals surface area contributed by atoms with Gasteiger partial charge in [0, 0.05) is 36.9 Å². The summed E-state index contributed by atoms with van der Waals surface area (Å²) in [4.78, 5) is 30.2. The van der Waals surface area contributed by atoms with Crippen molar-refractivity contribution in [3.63, 3.8) is 0 Å². The Bertz CT molecular complexity index is 1200. The van der Waals surface area contributed by atoms with Crippen molar-refractivity contribution in [1.82, 2.24) is 25.3 Å². The second kappa shape index (κ2) is 10.7. The SMILES string of the molecule is O=C(NC1CCOCC1)C1CCC(Nc2ncc3ncnc(Nc4ccc(F)c(Cl)c4)c3n2)CC1. The molecular weight excluding hydrogens is 473 g/mol. The first-order valence-corrected chi connectivity index (χ1v) is 12.3. The molecule has 3 heterocycles. The largest absolute Gasteiger partial charge is 0.381 e. The molecule has 1 amide bonds. The van der Waals surface area contributed by atoms with E-state index in [1.165, 1.54) is 18.5 Å². The zero-order valence-corrected chi connectivity index (χ0v) is 19.9. The lowest BCUT2D eigenvalue weighted by atomic mass is 9.85. The van der Waals surface area contributed by atoms with Gasteiger partial charge in [-0.2, -0.15) is 0 Å². The summed E-state index contributed by atoms with van der Waals surface area (Å²) in [6.45, 7) is 1.43. The minimum Gasteiger partial charge on any atom is -0.381 e. The van der Waals surface area contributed by atoms with Crippen LogP contribution >= 0.6 is 11.6 Å². The average molecular weight is 500 g/mol. The molecule has 35 heavy (non-hydrogen) atoms. The topological polar surface area (TPSA) is 114 Å². The molecule has 0 spiro atoms. The number of ether oxygens (including phenoxy) is 1. The predicted molar refractivity (Wildman–Crippen MR) is 131 cm³/mol. The highest BCUT2D eigenvalue weighted by atomic mass is 35.5. The molecule has 2 aromatic heterocycles. The Kier molecular flexibility index (Phi) is 7.19. The number of carbonyl (C=O) groups excluding carboxylic acids is 1. The number of anilines is 3. The Morgan fingerprint density at radius 2 is 1.83 bits per heavy atom. The molecule has 1 aromatic carbocycles. The summed E-state index contributed by atoms with van der Waals surface area (Å²) in [6.07, 6.45) is 8.19. The van der Waals surface area contributed by atoms with E-state index in [9.17, 15) is 9.18 Å². The number of carbonyl (C=O) groups is 1. The molecule has 184 valence electrons. The van der Waals surface area contributed by atoms with Crippen molar-refractivity contribution in [2.75, 3.05) is 23.8 Å². The average Bonchev–Trinajstić information content (AvgIpc) is 2.88. The van der Waals surface area contributed by atoms with Crippen LogP contribution in [0.5, 0.6) is 0 Å². The number of benzene rings is 1. The molecule has 1 saturated carbocycles. The van der Waals surface area contributed by atoms with Crippen LogP contribution in [0.2, 0.25) is 5.02 Å². The van der Waals surface area contributed by atoms with Crippen molar-refractivity contribution >= 4 is 46.0 Å². The molecule has 0 atom stereocenters. The number of rotatable bonds is 6. The number of hydrogen-bond donors (Lipinski definition) is 3. The van der Waals surface area contributed by atoms with Gasteiger partial charge in [-0.1, -0.05) is 11.6 Å². The molecule has 1 aliphatic carbocycles. The van der Waals surface area contributed by atoms with Crippen LogP contribution in [0.3, 0.4) is 0 Å². The summed E-state index contributed by atoms with van der Waals surface area (Å²) in [6, 6.07) is 4.76. The number of nitrogens with zero attached hydrogens (tertiary/aromatic N) is 4. The van der Waals surface area contributed by atoms with Crippen molar-refractivity contribution in [2.24, 2.45) is 5.92 Å². The maximum Gasteiger partial charge on any atom is 0.223 e. The lowest BCUT2D eigenvalue weighted by molar-refractivity contribution is -0.127. The molecule has 11 heteroatoms. The Hall–Kier alpha value is -3.11. The monoisotopic (exact) mass is 499 g/mol. The van der Waals surface area contributed by atoms with Gasteiger partial charge in [0.15, 0.2) is 5.82 Å². The Morgan fingerprint density at radius 3 is 2.60 bits per heavy atom. The number of hydrogen-bond acceptors (Lipinski definition) is 8. The van der Waals surface area contributed by atoms with E-state index in [0.29, 0.717) is 41.7 Å². The first kappa shape index (κ1) is 23.6. The molecule has 1 aliphatic heterocycles. The molecule has 0 bridgehead atoms. The van der Waals surface area contributed by atoms with E-state index >= 15 is 0 Å². The van der Waals surface area contributed by atoms with E-state index < -0.39 is 5.82 Å². The predicted octanol–water partition coefficient (Wildman–Crippen LogP) is 4.22. The van der Waals surface area contributed by atoms with Gasteiger partial charge in [-0.3, -0.25) is 4.79 Å². The molecule has 0 radical (unpaired) electrons. The van der Waals surface area contributed by atoms with Crippen molar-refractivity contribution in [1.29, 1.82) is 0 Å².